The number of hydrogen-bond donors (Lipinski definition) is 3. The van der Waals surface area contributed by atoms with Crippen LogP contribution in [0.5, 0.6) is 0 Å². The first-order valence-corrected chi connectivity index (χ1v) is 6.30. The number of fused-ring (bicyclic) bond motifs is 1. The van der Waals surface area contributed by atoms with Crippen LogP contribution in [-0.2, 0) is 4.79 Å². The standard InChI is InChI=1S/C13H15N5O/c14-13-17-9-5-2-1-4-8(9)11(18-13)16-10-6-3-7-15-12(10)19/h1-2,4-5,10H,3,6-7H2,(H,15,19)(H3,14,16,17,18). The van der Waals surface area contributed by atoms with Gasteiger partial charge in [-0.15, -0.1) is 0 Å². The molecule has 3 rings (SSSR count). The Morgan fingerprint density at radius 1 is 1.32 bits per heavy atom. The van der Waals surface area contributed by atoms with Crippen LogP contribution in [0.15, 0.2) is 24.3 Å². The third-order valence-electron chi connectivity index (χ3n) is 3.22. The summed E-state index contributed by atoms with van der Waals surface area (Å²) in [6, 6.07) is 7.34. The molecule has 98 valence electrons. The van der Waals surface area contributed by atoms with Gasteiger partial charge in [0.1, 0.15) is 11.9 Å². The minimum Gasteiger partial charge on any atom is -0.368 e. The smallest absolute Gasteiger partial charge is 0.242 e. The topological polar surface area (TPSA) is 92.9 Å². The SMILES string of the molecule is Nc1nc(NC2CCCNC2=O)c2ccccc2n1. The molecule has 1 atom stereocenters. The van der Waals surface area contributed by atoms with Crippen LogP contribution in [-0.4, -0.2) is 28.5 Å². The molecule has 1 aliphatic heterocycles. The van der Waals surface area contributed by atoms with Crippen molar-refractivity contribution in [3.8, 4) is 0 Å². The Labute approximate surface area is 110 Å². The number of nitrogens with one attached hydrogen (secondary N) is 2. The molecule has 1 amide bonds. The molecular formula is C13H15N5O. The van der Waals surface area contributed by atoms with Crippen molar-refractivity contribution in [3.63, 3.8) is 0 Å². The summed E-state index contributed by atoms with van der Waals surface area (Å²) in [7, 11) is 0. The lowest BCUT2D eigenvalue weighted by molar-refractivity contribution is -0.123. The Bertz CT molecular complexity index is 627. The molecule has 1 aliphatic rings. The van der Waals surface area contributed by atoms with E-state index in [1.165, 1.54) is 0 Å². The highest BCUT2D eigenvalue weighted by atomic mass is 16.2. The number of amides is 1. The van der Waals surface area contributed by atoms with Gasteiger partial charge in [-0.2, -0.15) is 4.98 Å². The lowest BCUT2D eigenvalue weighted by Gasteiger charge is -2.23. The van der Waals surface area contributed by atoms with E-state index in [9.17, 15) is 4.79 Å². The second kappa shape index (κ2) is 4.72. The summed E-state index contributed by atoms with van der Waals surface area (Å²) in [6.07, 6.45) is 1.76. The van der Waals surface area contributed by atoms with Gasteiger partial charge in [-0.05, 0) is 25.0 Å². The Balaban J connectivity index is 1.97. The number of para-hydroxylation sites is 1. The number of nitrogens with zero attached hydrogens (tertiary/aromatic N) is 2. The molecule has 0 radical (unpaired) electrons. The summed E-state index contributed by atoms with van der Waals surface area (Å²) in [5.41, 5.74) is 6.47. The van der Waals surface area contributed by atoms with Crippen molar-refractivity contribution in [2.75, 3.05) is 17.6 Å². The third kappa shape index (κ3) is 2.29. The van der Waals surface area contributed by atoms with Gasteiger partial charge >= 0.3 is 0 Å². The zero-order chi connectivity index (χ0) is 13.2. The van der Waals surface area contributed by atoms with E-state index in [2.05, 4.69) is 20.6 Å². The molecule has 1 aromatic carbocycles. The van der Waals surface area contributed by atoms with Crippen molar-refractivity contribution in [3.05, 3.63) is 24.3 Å². The fraction of sp³-hybridized carbons (Fsp3) is 0.308. The third-order valence-corrected chi connectivity index (χ3v) is 3.22. The predicted molar refractivity (Wildman–Crippen MR) is 73.6 cm³/mol. The molecule has 0 aliphatic carbocycles. The van der Waals surface area contributed by atoms with Crippen LogP contribution in [0.2, 0.25) is 0 Å². The summed E-state index contributed by atoms with van der Waals surface area (Å²) < 4.78 is 0. The van der Waals surface area contributed by atoms with Crippen molar-refractivity contribution < 1.29 is 4.79 Å². The number of hydrogen-bond acceptors (Lipinski definition) is 5. The van der Waals surface area contributed by atoms with Gasteiger partial charge < -0.3 is 16.4 Å². The van der Waals surface area contributed by atoms with E-state index >= 15 is 0 Å². The second-order valence-corrected chi connectivity index (χ2v) is 4.58. The average molecular weight is 257 g/mol. The fourth-order valence-electron chi connectivity index (χ4n) is 2.28. The Kier molecular flexibility index (Phi) is 2.91. The van der Waals surface area contributed by atoms with Gasteiger partial charge in [-0.1, -0.05) is 12.1 Å². The van der Waals surface area contributed by atoms with Gasteiger partial charge in [0.05, 0.1) is 5.52 Å². The van der Waals surface area contributed by atoms with Crippen LogP contribution in [0.4, 0.5) is 11.8 Å². The first-order chi connectivity index (χ1) is 9.24. The van der Waals surface area contributed by atoms with E-state index in [-0.39, 0.29) is 17.9 Å². The highest BCUT2D eigenvalue weighted by molar-refractivity contribution is 5.93. The lowest BCUT2D eigenvalue weighted by Crippen LogP contribution is -2.44. The van der Waals surface area contributed by atoms with Crippen LogP contribution in [0.25, 0.3) is 10.9 Å². The number of nitrogen functional groups attached to an aromatic ring is 1. The minimum atomic E-state index is -0.258. The summed E-state index contributed by atoms with van der Waals surface area (Å²) in [4.78, 5) is 20.2. The van der Waals surface area contributed by atoms with Gasteiger partial charge in [-0.25, -0.2) is 4.98 Å². The minimum absolute atomic E-state index is 0.00696. The molecule has 0 saturated carbocycles. The van der Waals surface area contributed by atoms with Crippen LogP contribution in [0.3, 0.4) is 0 Å². The monoisotopic (exact) mass is 257 g/mol. The lowest BCUT2D eigenvalue weighted by atomic mass is 10.1. The molecule has 1 fully saturated rings. The Morgan fingerprint density at radius 3 is 3.00 bits per heavy atom. The van der Waals surface area contributed by atoms with Gasteiger partial charge in [0.25, 0.3) is 0 Å². The molecule has 0 spiro atoms. The second-order valence-electron chi connectivity index (χ2n) is 4.58. The molecule has 6 nitrogen and oxygen atoms in total. The highest BCUT2D eigenvalue weighted by Crippen LogP contribution is 2.22. The van der Waals surface area contributed by atoms with Crippen molar-refractivity contribution in [1.82, 2.24) is 15.3 Å². The van der Waals surface area contributed by atoms with E-state index in [0.717, 1.165) is 30.3 Å². The summed E-state index contributed by atoms with van der Waals surface area (Å²) in [6.45, 7) is 0.740. The predicted octanol–water partition coefficient (Wildman–Crippen LogP) is 0.902. The van der Waals surface area contributed by atoms with Gasteiger partial charge in [0.2, 0.25) is 11.9 Å². The average Bonchev–Trinajstić information content (AvgIpc) is 2.41. The summed E-state index contributed by atoms with van der Waals surface area (Å²) in [5.74, 6) is 0.829. The van der Waals surface area contributed by atoms with E-state index in [1.54, 1.807) is 0 Å². The number of piperidine rings is 1. The normalized spacial score (nSPS) is 19.2. The van der Waals surface area contributed by atoms with Crippen LogP contribution < -0.4 is 16.4 Å². The van der Waals surface area contributed by atoms with Crippen molar-refractivity contribution in [1.29, 1.82) is 0 Å². The Hall–Kier alpha value is -2.37. The van der Waals surface area contributed by atoms with Crippen molar-refractivity contribution in [2.45, 2.75) is 18.9 Å². The molecule has 19 heavy (non-hydrogen) atoms. The van der Waals surface area contributed by atoms with E-state index in [4.69, 9.17) is 5.73 Å². The summed E-state index contributed by atoms with van der Waals surface area (Å²) >= 11 is 0. The number of rotatable bonds is 2. The number of carbonyl (C=O) groups is 1. The number of carbonyl (C=O) groups excluding carboxylic acids is 1. The van der Waals surface area contributed by atoms with E-state index < -0.39 is 0 Å². The zero-order valence-corrected chi connectivity index (χ0v) is 10.4. The quantitative estimate of drug-likeness (QED) is 0.743. The molecule has 2 heterocycles. The molecule has 1 saturated heterocycles. The largest absolute Gasteiger partial charge is 0.368 e. The molecular weight excluding hydrogens is 242 g/mol. The maximum atomic E-state index is 11.8. The van der Waals surface area contributed by atoms with E-state index in [0.29, 0.717) is 5.82 Å². The zero-order valence-electron chi connectivity index (χ0n) is 10.4. The highest BCUT2D eigenvalue weighted by Gasteiger charge is 2.22. The van der Waals surface area contributed by atoms with E-state index in [1.807, 2.05) is 24.3 Å². The number of nitrogens with two attached hydrogens (primary N) is 1. The fourth-order valence-corrected chi connectivity index (χ4v) is 2.28. The first-order valence-electron chi connectivity index (χ1n) is 6.30. The van der Waals surface area contributed by atoms with Gasteiger partial charge in [0.15, 0.2) is 0 Å². The van der Waals surface area contributed by atoms with Crippen molar-refractivity contribution >= 4 is 28.6 Å². The molecule has 1 unspecified atom stereocenters. The maximum absolute atomic E-state index is 11.8. The first kappa shape index (κ1) is 11.7. The number of benzene rings is 1. The molecule has 1 aromatic heterocycles. The molecule has 0 bridgehead atoms. The summed E-state index contributed by atoms with van der Waals surface area (Å²) in [5, 5.41) is 6.88. The van der Waals surface area contributed by atoms with Crippen LogP contribution in [0.1, 0.15) is 12.8 Å². The van der Waals surface area contributed by atoms with Crippen LogP contribution in [0, 0.1) is 0 Å². The Morgan fingerprint density at radius 2 is 2.16 bits per heavy atom. The maximum Gasteiger partial charge on any atom is 0.242 e. The molecule has 6 heteroatoms. The van der Waals surface area contributed by atoms with Gasteiger partial charge in [0, 0.05) is 11.9 Å². The van der Waals surface area contributed by atoms with Crippen molar-refractivity contribution in [2.24, 2.45) is 0 Å². The van der Waals surface area contributed by atoms with Crippen LogP contribution >= 0.6 is 0 Å². The van der Waals surface area contributed by atoms with Gasteiger partial charge in [-0.3, -0.25) is 4.79 Å². The molecule has 4 N–H and O–H groups in total. The number of anilines is 2. The molecule has 2 aromatic rings. The number of aromatic nitrogens is 2.